The Bertz CT molecular complexity index is 410. The molecule has 1 unspecified atom stereocenters. The van der Waals surface area contributed by atoms with Gasteiger partial charge in [-0.2, -0.15) is 0 Å². The van der Waals surface area contributed by atoms with Gasteiger partial charge in [-0.05, 0) is 32.0 Å². The van der Waals surface area contributed by atoms with Gasteiger partial charge in [0, 0.05) is 13.0 Å². The first kappa shape index (κ1) is 17.7. The van der Waals surface area contributed by atoms with Crippen LogP contribution >= 0.6 is 0 Å². The minimum Gasteiger partial charge on any atom is -0.354 e. The molecule has 0 aromatic heterocycles. The van der Waals surface area contributed by atoms with Gasteiger partial charge in [0.1, 0.15) is 0 Å². The summed E-state index contributed by atoms with van der Waals surface area (Å²) in [5, 5.41) is 3.10. The molecule has 0 fully saturated rings. The zero-order chi connectivity index (χ0) is 15.7. The molecule has 3 heteroatoms. The molecule has 1 amide bonds. The highest BCUT2D eigenvalue weighted by molar-refractivity contribution is 5.75. The Morgan fingerprint density at radius 3 is 2.29 bits per heavy atom. The average molecular weight is 290 g/mol. The number of nitrogens with zero attached hydrogens (tertiary/aromatic N) is 1. The number of likely N-dealkylation sites (N-methyl/N-ethyl adjacent to an activating group) is 1. The van der Waals surface area contributed by atoms with Gasteiger partial charge in [0.05, 0.1) is 6.04 Å². The summed E-state index contributed by atoms with van der Waals surface area (Å²) >= 11 is 0. The summed E-state index contributed by atoms with van der Waals surface area (Å²) in [5.41, 5.74) is 2.55. The van der Waals surface area contributed by atoms with Gasteiger partial charge < -0.3 is 5.32 Å². The minimum absolute atomic E-state index is 0.168. The van der Waals surface area contributed by atoms with Gasteiger partial charge in [-0.1, -0.05) is 57.0 Å². The van der Waals surface area contributed by atoms with E-state index >= 15 is 0 Å². The van der Waals surface area contributed by atoms with Crippen LogP contribution in [0.3, 0.4) is 0 Å². The monoisotopic (exact) mass is 290 g/mol. The Morgan fingerprint density at radius 2 is 1.76 bits per heavy atom. The van der Waals surface area contributed by atoms with E-state index in [1.807, 2.05) is 0 Å². The fraction of sp³-hybridized carbons (Fsp3) is 0.611. The van der Waals surface area contributed by atoms with Gasteiger partial charge in [0.15, 0.2) is 0 Å². The minimum atomic E-state index is 0.168. The fourth-order valence-corrected chi connectivity index (χ4v) is 2.55. The van der Waals surface area contributed by atoms with Crippen LogP contribution < -0.4 is 5.32 Å². The van der Waals surface area contributed by atoms with Crippen molar-refractivity contribution in [3.8, 4) is 0 Å². The third-order valence-electron chi connectivity index (χ3n) is 3.97. The maximum absolute atomic E-state index is 11.9. The van der Waals surface area contributed by atoms with Crippen LogP contribution in [-0.2, 0) is 4.79 Å². The standard InChI is InChI=1S/C18H30N2O/c1-5-8-9-18(21)19-14-17(20(6-2)7-3)16-12-10-15(4)11-13-16/h10-13,17H,5-9,14H2,1-4H3,(H,19,21). The van der Waals surface area contributed by atoms with E-state index in [0.29, 0.717) is 13.0 Å². The van der Waals surface area contributed by atoms with Crippen molar-refractivity contribution in [3.63, 3.8) is 0 Å². The number of carbonyl (C=O) groups excluding carboxylic acids is 1. The normalized spacial score (nSPS) is 12.4. The first-order valence-electron chi connectivity index (χ1n) is 8.19. The molecule has 118 valence electrons. The van der Waals surface area contributed by atoms with E-state index in [-0.39, 0.29) is 11.9 Å². The van der Waals surface area contributed by atoms with Crippen molar-refractivity contribution in [3.05, 3.63) is 35.4 Å². The maximum atomic E-state index is 11.9. The van der Waals surface area contributed by atoms with Crippen molar-refractivity contribution in [1.82, 2.24) is 10.2 Å². The molecule has 0 aliphatic heterocycles. The van der Waals surface area contributed by atoms with Crippen molar-refractivity contribution in [1.29, 1.82) is 0 Å². The third kappa shape index (κ3) is 5.88. The number of benzene rings is 1. The van der Waals surface area contributed by atoms with E-state index in [1.165, 1.54) is 11.1 Å². The topological polar surface area (TPSA) is 32.3 Å². The van der Waals surface area contributed by atoms with E-state index < -0.39 is 0 Å². The van der Waals surface area contributed by atoms with Gasteiger partial charge >= 0.3 is 0 Å². The van der Waals surface area contributed by atoms with Gasteiger partial charge in [0.2, 0.25) is 5.91 Å². The number of aryl methyl sites for hydroxylation is 1. The Balaban J connectivity index is 2.73. The van der Waals surface area contributed by atoms with Crippen LogP contribution in [0.15, 0.2) is 24.3 Å². The molecule has 0 saturated carbocycles. The Hall–Kier alpha value is -1.35. The molecule has 0 bridgehead atoms. The zero-order valence-electron chi connectivity index (χ0n) is 14.0. The number of unbranched alkanes of at least 4 members (excludes halogenated alkanes) is 1. The SMILES string of the molecule is CCCCC(=O)NCC(c1ccc(C)cc1)N(CC)CC. The largest absolute Gasteiger partial charge is 0.354 e. The molecular formula is C18H30N2O. The lowest BCUT2D eigenvalue weighted by molar-refractivity contribution is -0.121. The van der Waals surface area contributed by atoms with Crippen molar-refractivity contribution < 1.29 is 4.79 Å². The molecule has 21 heavy (non-hydrogen) atoms. The van der Waals surface area contributed by atoms with Crippen molar-refractivity contribution in [2.45, 2.75) is 53.0 Å². The van der Waals surface area contributed by atoms with E-state index in [4.69, 9.17) is 0 Å². The summed E-state index contributed by atoms with van der Waals surface area (Å²) in [6.07, 6.45) is 2.66. The number of nitrogens with one attached hydrogen (secondary N) is 1. The molecule has 0 aliphatic carbocycles. The van der Waals surface area contributed by atoms with E-state index in [0.717, 1.165) is 25.9 Å². The van der Waals surface area contributed by atoms with Crippen LogP contribution in [-0.4, -0.2) is 30.4 Å². The second-order valence-corrected chi connectivity index (χ2v) is 5.56. The van der Waals surface area contributed by atoms with Crippen LogP contribution in [0, 0.1) is 6.92 Å². The first-order chi connectivity index (χ1) is 10.1. The predicted octanol–water partition coefficient (Wildman–Crippen LogP) is 3.68. The molecule has 1 aromatic carbocycles. The molecule has 0 saturated heterocycles. The molecule has 0 radical (unpaired) electrons. The number of hydrogen-bond donors (Lipinski definition) is 1. The van der Waals surface area contributed by atoms with Crippen molar-refractivity contribution in [2.24, 2.45) is 0 Å². The fourth-order valence-electron chi connectivity index (χ4n) is 2.55. The third-order valence-corrected chi connectivity index (χ3v) is 3.97. The highest BCUT2D eigenvalue weighted by Crippen LogP contribution is 2.20. The molecule has 0 aliphatic rings. The van der Waals surface area contributed by atoms with E-state index in [9.17, 15) is 4.79 Å². The lowest BCUT2D eigenvalue weighted by atomic mass is 10.0. The quantitative estimate of drug-likeness (QED) is 0.752. The van der Waals surface area contributed by atoms with Crippen molar-refractivity contribution in [2.75, 3.05) is 19.6 Å². The summed E-state index contributed by atoms with van der Waals surface area (Å²) in [6.45, 7) is 11.2. The summed E-state index contributed by atoms with van der Waals surface area (Å²) < 4.78 is 0. The number of hydrogen-bond acceptors (Lipinski definition) is 2. The molecule has 3 nitrogen and oxygen atoms in total. The van der Waals surface area contributed by atoms with E-state index in [2.05, 4.69) is 62.2 Å². The average Bonchev–Trinajstić information content (AvgIpc) is 2.50. The predicted molar refractivity (Wildman–Crippen MR) is 89.4 cm³/mol. The lowest BCUT2D eigenvalue weighted by Gasteiger charge is -2.30. The van der Waals surface area contributed by atoms with Gasteiger partial charge in [-0.3, -0.25) is 9.69 Å². The second kappa shape index (κ2) is 9.56. The highest BCUT2D eigenvalue weighted by Gasteiger charge is 2.18. The summed E-state index contributed by atoms with van der Waals surface area (Å²) in [7, 11) is 0. The van der Waals surface area contributed by atoms with Gasteiger partial charge in [-0.15, -0.1) is 0 Å². The highest BCUT2D eigenvalue weighted by atomic mass is 16.1. The zero-order valence-corrected chi connectivity index (χ0v) is 14.0. The van der Waals surface area contributed by atoms with Crippen LogP contribution in [0.4, 0.5) is 0 Å². The Kier molecular flexibility index (Phi) is 8.06. The van der Waals surface area contributed by atoms with Crippen LogP contribution in [0.5, 0.6) is 0 Å². The summed E-state index contributed by atoms with van der Waals surface area (Å²) in [5.74, 6) is 0.168. The first-order valence-corrected chi connectivity index (χ1v) is 8.19. The summed E-state index contributed by atoms with van der Waals surface area (Å²) in [4.78, 5) is 14.3. The molecule has 1 rings (SSSR count). The Labute approximate surface area is 129 Å². The molecule has 1 aromatic rings. The molecule has 0 spiro atoms. The molecule has 0 heterocycles. The maximum Gasteiger partial charge on any atom is 0.220 e. The molecule has 1 N–H and O–H groups in total. The van der Waals surface area contributed by atoms with Crippen LogP contribution in [0.2, 0.25) is 0 Å². The molecule has 1 atom stereocenters. The molecular weight excluding hydrogens is 260 g/mol. The van der Waals surface area contributed by atoms with Crippen LogP contribution in [0.25, 0.3) is 0 Å². The van der Waals surface area contributed by atoms with Gasteiger partial charge in [0.25, 0.3) is 0 Å². The smallest absolute Gasteiger partial charge is 0.220 e. The number of amides is 1. The number of rotatable bonds is 9. The van der Waals surface area contributed by atoms with E-state index in [1.54, 1.807) is 0 Å². The second-order valence-electron chi connectivity index (χ2n) is 5.56. The lowest BCUT2D eigenvalue weighted by Crippen LogP contribution is -2.38. The van der Waals surface area contributed by atoms with Gasteiger partial charge in [-0.25, -0.2) is 0 Å². The number of carbonyl (C=O) groups is 1. The summed E-state index contributed by atoms with van der Waals surface area (Å²) in [6, 6.07) is 8.90. The van der Waals surface area contributed by atoms with Crippen molar-refractivity contribution >= 4 is 5.91 Å². The Morgan fingerprint density at radius 1 is 1.14 bits per heavy atom. The van der Waals surface area contributed by atoms with Crippen LogP contribution in [0.1, 0.15) is 57.2 Å².